The number of nitrogens with one attached hydrogen (secondary N) is 1. The van der Waals surface area contributed by atoms with Crippen molar-refractivity contribution in [1.29, 1.82) is 0 Å². The lowest BCUT2D eigenvalue weighted by atomic mass is 10.0. The molecule has 1 aromatic carbocycles. The van der Waals surface area contributed by atoms with Crippen molar-refractivity contribution < 1.29 is 32.2 Å². The lowest BCUT2D eigenvalue weighted by Gasteiger charge is -2.23. The number of hydrogen-bond donors (Lipinski definition) is 1. The largest absolute Gasteiger partial charge is 0.454 e. The summed E-state index contributed by atoms with van der Waals surface area (Å²) in [7, 11) is -3.13. The molecule has 0 bridgehead atoms. The average Bonchev–Trinajstić information content (AvgIpc) is 3.07. The highest BCUT2D eigenvalue weighted by atomic mass is 32.2. The average molecular weight is 355 g/mol. The van der Waals surface area contributed by atoms with E-state index in [-0.39, 0.29) is 23.9 Å². The van der Waals surface area contributed by atoms with Crippen LogP contribution in [0.2, 0.25) is 0 Å². The maximum absolute atomic E-state index is 12.0. The minimum absolute atomic E-state index is 0.0424. The molecule has 1 atom stereocenters. The van der Waals surface area contributed by atoms with Gasteiger partial charge < -0.3 is 19.5 Å². The Kier molecular flexibility index (Phi) is 4.12. The number of amides is 1. The van der Waals surface area contributed by atoms with Crippen molar-refractivity contribution in [2.24, 2.45) is 0 Å². The minimum Gasteiger partial charge on any atom is -0.454 e. The van der Waals surface area contributed by atoms with Gasteiger partial charge in [-0.25, -0.2) is 13.2 Å². The number of hydrogen-bond acceptors (Lipinski definition) is 7. The highest BCUT2D eigenvalue weighted by Crippen LogP contribution is 2.32. The molecule has 0 radical (unpaired) electrons. The fourth-order valence-corrected chi connectivity index (χ4v) is 4.81. The van der Waals surface area contributed by atoms with Gasteiger partial charge in [0.05, 0.1) is 22.6 Å². The van der Waals surface area contributed by atoms with Crippen LogP contribution in [0.15, 0.2) is 18.2 Å². The lowest BCUT2D eigenvalue weighted by Crippen LogP contribution is -2.48. The Bertz CT molecular complexity index is 789. The SMILES string of the molecule is C[C@@]1(NC(=O)COC(=O)c2ccc3c(c2)OCO3)CCS(=O)(=O)C1. The van der Waals surface area contributed by atoms with Crippen LogP contribution in [-0.4, -0.2) is 50.7 Å². The number of rotatable bonds is 4. The van der Waals surface area contributed by atoms with Crippen LogP contribution >= 0.6 is 0 Å². The van der Waals surface area contributed by atoms with E-state index < -0.39 is 33.9 Å². The summed E-state index contributed by atoms with van der Waals surface area (Å²) in [5, 5.41) is 2.62. The second-order valence-electron chi connectivity index (χ2n) is 6.10. The quantitative estimate of drug-likeness (QED) is 0.772. The van der Waals surface area contributed by atoms with Gasteiger partial charge in [-0.1, -0.05) is 0 Å². The third-order valence-corrected chi connectivity index (χ3v) is 5.79. The summed E-state index contributed by atoms with van der Waals surface area (Å²) in [6, 6.07) is 4.58. The summed E-state index contributed by atoms with van der Waals surface area (Å²) in [5.74, 6) is -0.295. The molecule has 1 saturated heterocycles. The number of esters is 1. The van der Waals surface area contributed by atoms with Crippen molar-refractivity contribution in [2.75, 3.05) is 24.9 Å². The molecule has 0 spiro atoms. The number of ether oxygens (including phenoxy) is 3. The van der Waals surface area contributed by atoms with E-state index in [0.29, 0.717) is 17.9 Å². The molecular formula is C15H17NO7S. The zero-order valence-electron chi connectivity index (χ0n) is 13.0. The Morgan fingerprint density at radius 3 is 2.75 bits per heavy atom. The van der Waals surface area contributed by atoms with E-state index in [4.69, 9.17) is 14.2 Å². The van der Waals surface area contributed by atoms with Gasteiger partial charge in [-0.05, 0) is 31.5 Å². The zero-order valence-corrected chi connectivity index (χ0v) is 13.9. The molecule has 24 heavy (non-hydrogen) atoms. The van der Waals surface area contributed by atoms with Gasteiger partial charge in [-0.2, -0.15) is 0 Å². The standard InChI is InChI=1S/C15H17NO7S/c1-15(4-5-24(19,20)8-15)16-13(17)7-21-14(18)10-2-3-11-12(6-10)23-9-22-11/h2-3,6H,4-5,7-9H2,1H3,(H,16,17)/t15-/m1/s1. The molecule has 1 fully saturated rings. The van der Waals surface area contributed by atoms with Gasteiger partial charge in [0, 0.05) is 0 Å². The maximum atomic E-state index is 12.0. The summed E-state index contributed by atoms with van der Waals surface area (Å²) in [6.45, 7) is 1.27. The summed E-state index contributed by atoms with van der Waals surface area (Å²) >= 11 is 0. The van der Waals surface area contributed by atoms with Crippen LogP contribution in [0.3, 0.4) is 0 Å². The van der Waals surface area contributed by atoms with Crippen LogP contribution in [0, 0.1) is 0 Å². The Labute approximate surface area is 139 Å². The molecule has 3 rings (SSSR count). The molecule has 0 aliphatic carbocycles. The molecular weight excluding hydrogens is 338 g/mol. The van der Waals surface area contributed by atoms with Gasteiger partial charge in [0.25, 0.3) is 5.91 Å². The Balaban J connectivity index is 1.54. The topological polar surface area (TPSA) is 108 Å². The monoisotopic (exact) mass is 355 g/mol. The van der Waals surface area contributed by atoms with Crippen LogP contribution in [0.1, 0.15) is 23.7 Å². The summed E-state index contributed by atoms with van der Waals surface area (Å²) < 4.78 is 38.3. The van der Waals surface area contributed by atoms with Gasteiger partial charge >= 0.3 is 5.97 Å². The van der Waals surface area contributed by atoms with Crippen molar-refractivity contribution >= 4 is 21.7 Å². The number of benzene rings is 1. The molecule has 9 heteroatoms. The predicted molar refractivity (Wildman–Crippen MR) is 82.7 cm³/mol. The first-order valence-electron chi connectivity index (χ1n) is 7.35. The zero-order chi connectivity index (χ0) is 17.4. The molecule has 1 amide bonds. The molecule has 130 valence electrons. The van der Waals surface area contributed by atoms with Gasteiger partial charge in [-0.3, -0.25) is 4.79 Å². The maximum Gasteiger partial charge on any atom is 0.338 e. The molecule has 1 N–H and O–H groups in total. The molecule has 8 nitrogen and oxygen atoms in total. The van der Waals surface area contributed by atoms with E-state index in [9.17, 15) is 18.0 Å². The number of carbonyl (C=O) groups excluding carboxylic acids is 2. The summed E-state index contributed by atoms with van der Waals surface area (Å²) in [6.07, 6.45) is 0.344. The number of sulfone groups is 1. The first kappa shape index (κ1) is 16.6. The van der Waals surface area contributed by atoms with Crippen LogP contribution < -0.4 is 14.8 Å². The number of carbonyl (C=O) groups is 2. The van der Waals surface area contributed by atoms with Crippen molar-refractivity contribution in [3.8, 4) is 11.5 Å². The van der Waals surface area contributed by atoms with E-state index >= 15 is 0 Å². The van der Waals surface area contributed by atoms with E-state index in [2.05, 4.69) is 5.32 Å². The molecule has 2 heterocycles. The van der Waals surface area contributed by atoms with Gasteiger partial charge in [0.2, 0.25) is 6.79 Å². The molecule has 1 aromatic rings. The van der Waals surface area contributed by atoms with Crippen LogP contribution in [0.5, 0.6) is 11.5 Å². The lowest BCUT2D eigenvalue weighted by molar-refractivity contribution is -0.125. The highest BCUT2D eigenvalue weighted by Gasteiger charge is 2.39. The van der Waals surface area contributed by atoms with Gasteiger partial charge in [0.15, 0.2) is 27.9 Å². The second-order valence-corrected chi connectivity index (χ2v) is 8.28. The first-order chi connectivity index (χ1) is 11.3. The third-order valence-electron chi connectivity index (χ3n) is 3.89. The first-order valence-corrected chi connectivity index (χ1v) is 9.17. The van der Waals surface area contributed by atoms with Crippen molar-refractivity contribution in [3.05, 3.63) is 23.8 Å². The van der Waals surface area contributed by atoms with Crippen LogP contribution in [-0.2, 0) is 19.4 Å². The Hall–Kier alpha value is -2.29. The third kappa shape index (κ3) is 3.61. The van der Waals surface area contributed by atoms with Crippen molar-refractivity contribution in [1.82, 2.24) is 5.32 Å². The molecule has 0 aromatic heterocycles. The number of fused-ring (bicyclic) bond motifs is 1. The van der Waals surface area contributed by atoms with Crippen molar-refractivity contribution in [2.45, 2.75) is 18.9 Å². The predicted octanol–water partition coefficient (Wildman–Crippen LogP) is 0.265. The van der Waals surface area contributed by atoms with E-state index in [0.717, 1.165) is 0 Å². The van der Waals surface area contributed by atoms with E-state index in [1.165, 1.54) is 12.1 Å². The fourth-order valence-electron chi connectivity index (χ4n) is 2.72. The molecule has 0 unspecified atom stereocenters. The molecule has 2 aliphatic rings. The van der Waals surface area contributed by atoms with E-state index in [1.807, 2.05) is 0 Å². The van der Waals surface area contributed by atoms with Crippen molar-refractivity contribution in [3.63, 3.8) is 0 Å². The highest BCUT2D eigenvalue weighted by molar-refractivity contribution is 7.91. The smallest absolute Gasteiger partial charge is 0.338 e. The second kappa shape index (κ2) is 5.97. The van der Waals surface area contributed by atoms with E-state index in [1.54, 1.807) is 13.0 Å². The molecule has 2 aliphatic heterocycles. The van der Waals surface area contributed by atoms with Gasteiger partial charge in [-0.15, -0.1) is 0 Å². The van der Waals surface area contributed by atoms with Gasteiger partial charge in [0.1, 0.15) is 0 Å². The normalized spacial score (nSPS) is 23.7. The summed E-state index contributed by atoms with van der Waals surface area (Å²) in [4.78, 5) is 23.9. The Morgan fingerprint density at radius 1 is 1.29 bits per heavy atom. The summed E-state index contributed by atoms with van der Waals surface area (Å²) in [5.41, 5.74) is -0.581. The molecule has 0 saturated carbocycles. The fraction of sp³-hybridized carbons (Fsp3) is 0.467. The van der Waals surface area contributed by atoms with Crippen LogP contribution in [0.25, 0.3) is 0 Å². The van der Waals surface area contributed by atoms with Crippen LogP contribution in [0.4, 0.5) is 0 Å². The Morgan fingerprint density at radius 2 is 2.04 bits per heavy atom. The minimum atomic E-state index is -3.13.